The third kappa shape index (κ3) is 7.48. The van der Waals surface area contributed by atoms with Crippen molar-refractivity contribution in [3.8, 4) is 0 Å². The van der Waals surface area contributed by atoms with E-state index in [2.05, 4.69) is 26.0 Å². The summed E-state index contributed by atoms with van der Waals surface area (Å²) in [5.41, 5.74) is -0.244. The number of carbonyl (C=O) groups excluding carboxylic acids is 2. The van der Waals surface area contributed by atoms with Gasteiger partial charge in [0.25, 0.3) is 11.8 Å². The second-order valence-electron chi connectivity index (χ2n) is 9.19. The Bertz CT molecular complexity index is 1410. The molecule has 2 heterocycles. The van der Waals surface area contributed by atoms with Crippen LogP contribution >= 0.6 is 11.6 Å². The van der Waals surface area contributed by atoms with Crippen LogP contribution in [0, 0.1) is 11.6 Å². The number of halogens is 6. The van der Waals surface area contributed by atoms with Crippen LogP contribution in [0.4, 0.5) is 33.3 Å². The molecule has 0 spiro atoms. The third-order valence-electron chi connectivity index (χ3n) is 6.47. The van der Waals surface area contributed by atoms with E-state index < -0.39 is 54.8 Å². The number of nitrogens with one attached hydrogen (secondary N) is 3. The van der Waals surface area contributed by atoms with Gasteiger partial charge in [-0.05, 0) is 24.3 Å². The molecule has 0 unspecified atom stereocenters. The molecule has 41 heavy (non-hydrogen) atoms. The summed E-state index contributed by atoms with van der Waals surface area (Å²) in [6.07, 6.45) is -5.16. The van der Waals surface area contributed by atoms with E-state index in [0.717, 1.165) is 12.1 Å². The van der Waals surface area contributed by atoms with Crippen molar-refractivity contribution < 1.29 is 36.6 Å². The first-order valence-corrected chi connectivity index (χ1v) is 12.8. The van der Waals surface area contributed by atoms with Gasteiger partial charge >= 0.3 is 6.18 Å². The first kappa shape index (κ1) is 30.1. The maximum absolute atomic E-state index is 14.9. The molecule has 0 aliphatic carbocycles. The van der Waals surface area contributed by atoms with Crippen molar-refractivity contribution >= 4 is 34.8 Å². The smallest absolute Gasteiger partial charge is 0.390 e. The Morgan fingerprint density at radius 1 is 1.05 bits per heavy atom. The number of aromatic nitrogens is 3. The van der Waals surface area contributed by atoms with E-state index in [1.165, 1.54) is 12.1 Å². The number of nitrogens with zero attached hydrogens (tertiary/aromatic N) is 4. The largest absolute Gasteiger partial charge is 0.390 e. The number of H-pyrrole nitrogens is 1. The summed E-state index contributed by atoms with van der Waals surface area (Å²) < 4.78 is 67.4. The average Bonchev–Trinajstić information content (AvgIpc) is 3.42. The van der Waals surface area contributed by atoms with Gasteiger partial charge in [0.15, 0.2) is 17.3 Å². The minimum absolute atomic E-state index is 0.0473. The molecule has 1 aliphatic heterocycles. The zero-order valence-electron chi connectivity index (χ0n) is 21.4. The molecule has 1 fully saturated rings. The monoisotopic (exact) mass is 601 g/mol. The number of anilines is 2. The molecule has 0 saturated carbocycles. The Balaban J connectivity index is 1.43. The molecule has 4 N–H and O–H groups in total. The normalized spacial score (nSPS) is 14.3. The van der Waals surface area contributed by atoms with Crippen LogP contribution in [0.2, 0.25) is 5.02 Å². The fourth-order valence-corrected chi connectivity index (χ4v) is 4.43. The zero-order valence-corrected chi connectivity index (χ0v) is 22.1. The molecule has 1 aromatic heterocycles. The Morgan fingerprint density at radius 2 is 1.78 bits per heavy atom. The molecule has 2 aromatic carbocycles. The lowest BCUT2D eigenvalue weighted by atomic mass is 10.1. The third-order valence-corrected chi connectivity index (χ3v) is 6.71. The molecule has 16 heteroatoms. The topological polar surface area (TPSA) is 126 Å². The van der Waals surface area contributed by atoms with E-state index >= 15 is 0 Å². The highest BCUT2D eigenvalue weighted by atomic mass is 35.5. The van der Waals surface area contributed by atoms with Gasteiger partial charge in [-0.25, -0.2) is 8.78 Å². The molecule has 1 saturated heterocycles. The van der Waals surface area contributed by atoms with Gasteiger partial charge in [0.2, 0.25) is 0 Å². The van der Waals surface area contributed by atoms with Crippen LogP contribution < -0.4 is 15.5 Å². The van der Waals surface area contributed by atoms with E-state index in [1.54, 1.807) is 11.0 Å². The number of piperazine rings is 1. The number of aliphatic hydroxyl groups excluding tert-OH is 1. The number of aromatic amines is 1. The Morgan fingerprint density at radius 3 is 2.46 bits per heavy atom. The molecular formula is C25H25ClF5N7O3. The van der Waals surface area contributed by atoms with Crippen molar-refractivity contribution in [1.29, 1.82) is 0 Å². The fourth-order valence-electron chi connectivity index (χ4n) is 4.26. The van der Waals surface area contributed by atoms with Gasteiger partial charge in [-0.3, -0.25) is 19.6 Å². The average molecular weight is 602 g/mol. The first-order valence-electron chi connectivity index (χ1n) is 12.4. The van der Waals surface area contributed by atoms with Gasteiger partial charge in [-0.15, -0.1) is 5.10 Å². The van der Waals surface area contributed by atoms with Gasteiger partial charge in [-0.1, -0.05) is 22.9 Å². The molecule has 220 valence electrons. The van der Waals surface area contributed by atoms with Crippen LogP contribution in [0.25, 0.3) is 0 Å². The van der Waals surface area contributed by atoms with Crippen molar-refractivity contribution in [1.82, 2.24) is 25.6 Å². The number of hydrogen-bond acceptors (Lipinski definition) is 7. The molecule has 2 amide bonds. The van der Waals surface area contributed by atoms with Crippen LogP contribution in [0.5, 0.6) is 0 Å². The van der Waals surface area contributed by atoms with Gasteiger partial charge in [0.1, 0.15) is 0 Å². The Labute approximate surface area is 235 Å². The van der Waals surface area contributed by atoms with Crippen LogP contribution in [-0.2, 0) is 13.2 Å². The highest BCUT2D eigenvalue weighted by Crippen LogP contribution is 2.31. The van der Waals surface area contributed by atoms with Crippen LogP contribution in [0.15, 0.2) is 30.3 Å². The molecule has 0 bridgehead atoms. The predicted octanol–water partition coefficient (Wildman–Crippen LogP) is 3.49. The fraction of sp³-hybridized carbons (Fsp3) is 0.360. The highest BCUT2D eigenvalue weighted by molar-refractivity contribution is 6.31. The number of rotatable bonds is 9. The number of amides is 2. The summed E-state index contributed by atoms with van der Waals surface area (Å²) >= 11 is 6.15. The minimum atomic E-state index is -4.25. The summed E-state index contributed by atoms with van der Waals surface area (Å²) in [6, 6.07) is 6.78. The number of benzene rings is 2. The highest BCUT2D eigenvalue weighted by Gasteiger charge is 2.29. The summed E-state index contributed by atoms with van der Waals surface area (Å²) in [6.45, 7) is 0.341. The Kier molecular flexibility index (Phi) is 9.40. The van der Waals surface area contributed by atoms with E-state index in [-0.39, 0.29) is 29.2 Å². The quantitative estimate of drug-likeness (QED) is 0.277. The predicted molar refractivity (Wildman–Crippen MR) is 139 cm³/mol. The maximum Gasteiger partial charge on any atom is 0.390 e. The molecule has 3 aromatic rings. The molecule has 1 aliphatic rings. The maximum atomic E-state index is 14.9. The van der Waals surface area contributed by atoms with Crippen molar-refractivity contribution in [2.75, 3.05) is 42.9 Å². The lowest BCUT2D eigenvalue weighted by Gasteiger charge is -2.37. The first-order chi connectivity index (χ1) is 19.5. The lowest BCUT2D eigenvalue weighted by molar-refractivity contribution is -0.138. The summed E-state index contributed by atoms with van der Waals surface area (Å²) in [5.74, 6) is -4.49. The Hall–Kier alpha value is -3.82. The van der Waals surface area contributed by atoms with Gasteiger partial charge in [0, 0.05) is 49.9 Å². The van der Waals surface area contributed by atoms with E-state index in [1.807, 2.05) is 4.90 Å². The molecule has 10 nitrogen and oxygen atoms in total. The summed E-state index contributed by atoms with van der Waals surface area (Å²) in [7, 11) is 0. The molecule has 0 atom stereocenters. The molecule has 0 radical (unpaired) electrons. The van der Waals surface area contributed by atoms with Crippen molar-refractivity contribution in [2.24, 2.45) is 0 Å². The van der Waals surface area contributed by atoms with Crippen molar-refractivity contribution in [3.63, 3.8) is 0 Å². The van der Waals surface area contributed by atoms with Crippen LogP contribution in [-0.4, -0.2) is 76.1 Å². The number of carbonyl (C=O) groups is 2. The molecular weight excluding hydrogens is 577 g/mol. The van der Waals surface area contributed by atoms with Gasteiger partial charge in [0.05, 0.1) is 35.7 Å². The van der Waals surface area contributed by atoms with E-state index in [0.29, 0.717) is 36.9 Å². The standard InChI is InChI=1S/C25H25ClF5N7O3/c26-15-2-4-17(19(11-15)38-9-7-37(8-10-38)6-5-25(29,30)31)33-23(40)16-3-1-14(20(27)21(16)28)12-32-24(41)22-18(13-39)34-36-35-22/h1-4,11,39H,5-10,12-13H2,(H,32,41)(H,33,40)(H,34,35,36). The minimum Gasteiger partial charge on any atom is -0.390 e. The SMILES string of the molecule is O=C(Nc1ccc(Cl)cc1N1CCN(CCC(F)(F)F)CC1)c1ccc(CNC(=O)c2nn[nH]c2CO)c(F)c1F. The van der Waals surface area contributed by atoms with Crippen molar-refractivity contribution in [2.45, 2.75) is 25.7 Å². The second kappa shape index (κ2) is 12.8. The molecule has 4 rings (SSSR count). The van der Waals surface area contributed by atoms with Gasteiger partial charge < -0.3 is 20.6 Å². The van der Waals surface area contributed by atoms with Crippen molar-refractivity contribution in [3.05, 3.63) is 69.5 Å². The number of aliphatic hydroxyl groups is 1. The van der Waals surface area contributed by atoms with Crippen LogP contribution in [0.1, 0.15) is 38.5 Å². The van der Waals surface area contributed by atoms with E-state index in [9.17, 15) is 36.6 Å². The van der Waals surface area contributed by atoms with E-state index in [4.69, 9.17) is 11.6 Å². The summed E-state index contributed by atoms with van der Waals surface area (Å²) in [5, 5.41) is 23.7. The van der Waals surface area contributed by atoms with Gasteiger partial charge in [-0.2, -0.15) is 13.2 Å². The van der Waals surface area contributed by atoms with Crippen LogP contribution in [0.3, 0.4) is 0 Å². The number of hydrogen-bond donors (Lipinski definition) is 4. The summed E-state index contributed by atoms with van der Waals surface area (Å²) in [4.78, 5) is 28.7. The zero-order chi connectivity index (χ0) is 29.7. The lowest BCUT2D eigenvalue weighted by Crippen LogP contribution is -2.47. The second-order valence-corrected chi connectivity index (χ2v) is 9.63. The number of alkyl halides is 3.